The minimum Gasteiger partial charge on any atom is -0.327 e. The van der Waals surface area contributed by atoms with E-state index in [1.165, 1.54) is 24.3 Å². The molecular weight excluding hydrogens is 620 g/mol. The van der Waals surface area contributed by atoms with Crippen LogP contribution in [0.25, 0.3) is 16.9 Å². The van der Waals surface area contributed by atoms with Crippen LogP contribution < -0.4 is 10.6 Å². The van der Waals surface area contributed by atoms with E-state index in [1.54, 1.807) is 54.1 Å². The first-order valence-corrected chi connectivity index (χ1v) is 13.0. The lowest BCUT2D eigenvalue weighted by atomic mass is 10.1. The van der Waals surface area contributed by atoms with Crippen LogP contribution in [0, 0.1) is 6.92 Å². The summed E-state index contributed by atoms with van der Waals surface area (Å²) in [5.74, 6) is -3.57. The molecule has 9 nitrogen and oxygen atoms in total. The van der Waals surface area contributed by atoms with E-state index in [-0.39, 0.29) is 11.3 Å². The Hall–Kier alpha value is -4.39. The van der Waals surface area contributed by atoms with Crippen molar-refractivity contribution in [2.75, 3.05) is 10.6 Å². The molecule has 0 spiro atoms. The van der Waals surface area contributed by atoms with Gasteiger partial charge in [0.2, 0.25) is 0 Å². The van der Waals surface area contributed by atoms with Gasteiger partial charge in [0.15, 0.2) is 5.69 Å². The van der Waals surface area contributed by atoms with Gasteiger partial charge in [-0.2, -0.15) is 23.3 Å². The summed E-state index contributed by atoms with van der Waals surface area (Å²) >= 11 is 18.6. The molecule has 0 aliphatic rings. The molecule has 2 amide bonds. The maximum absolute atomic E-state index is 13.3. The van der Waals surface area contributed by atoms with Gasteiger partial charge in [-0.15, -0.1) is 0 Å². The Morgan fingerprint density at radius 3 is 2.17 bits per heavy atom. The number of alkyl halides is 3. The molecule has 15 heteroatoms. The van der Waals surface area contributed by atoms with E-state index < -0.39 is 29.8 Å². The van der Waals surface area contributed by atoms with Crippen molar-refractivity contribution in [2.24, 2.45) is 0 Å². The zero-order valence-electron chi connectivity index (χ0n) is 21.1. The summed E-state index contributed by atoms with van der Waals surface area (Å²) in [5, 5.41) is 13.8. The van der Waals surface area contributed by atoms with Crippen LogP contribution in [0.4, 0.5) is 24.8 Å². The molecule has 0 unspecified atom stereocenters. The Balaban J connectivity index is 1.39. The summed E-state index contributed by atoms with van der Waals surface area (Å²) in [7, 11) is 0. The number of anilines is 2. The van der Waals surface area contributed by atoms with Crippen LogP contribution in [0.1, 0.15) is 32.3 Å². The lowest BCUT2D eigenvalue weighted by Crippen LogP contribution is -2.15. The van der Waals surface area contributed by atoms with Gasteiger partial charge in [-0.05, 0) is 66.7 Å². The molecule has 2 N–H and O–H groups in total. The van der Waals surface area contributed by atoms with Gasteiger partial charge in [-0.3, -0.25) is 14.9 Å². The summed E-state index contributed by atoms with van der Waals surface area (Å²) in [6.07, 6.45) is -4.85. The number of rotatable bonds is 6. The molecule has 214 valence electrons. The fourth-order valence-electron chi connectivity index (χ4n) is 3.94. The number of nitrogens with zero attached hydrogens (tertiary/aromatic N) is 4. The lowest BCUT2D eigenvalue weighted by Gasteiger charge is -2.11. The summed E-state index contributed by atoms with van der Waals surface area (Å²) < 4.78 is 43.5. The van der Waals surface area contributed by atoms with Gasteiger partial charge < -0.3 is 9.84 Å². The van der Waals surface area contributed by atoms with Gasteiger partial charge in [-0.25, -0.2) is 4.68 Å². The highest BCUT2D eigenvalue weighted by Crippen LogP contribution is 2.33. The minimum atomic E-state index is -4.85. The lowest BCUT2D eigenvalue weighted by molar-refractivity contribution is -0.159. The molecule has 42 heavy (non-hydrogen) atoms. The Morgan fingerprint density at radius 2 is 1.55 bits per heavy atom. The number of hydrogen-bond acceptors (Lipinski definition) is 6. The van der Waals surface area contributed by atoms with Crippen LogP contribution in [-0.4, -0.2) is 31.7 Å². The van der Waals surface area contributed by atoms with Crippen molar-refractivity contribution in [2.45, 2.75) is 13.1 Å². The van der Waals surface area contributed by atoms with Crippen molar-refractivity contribution < 1.29 is 27.3 Å². The Morgan fingerprint density at radius 1 is 0.881 bits per heavy atom. The highest BCUT2D eigenvalue weighted by molar-refractivity contribution is 6.35. The van der Waals surface area contributed by atoms with Gasteiger partial charge >= 0.3 is 12.1 Å². The molecular formula is C27H16Cl3F3N6O3. The topological polar surface area (TPSA) is 115 Å². The molecule has 5 rings (SSSR count). The smallest absolute Gasteiger partial charge is 0.327 e. The molecule has 0 atom stereocenters. The van der Waals surface area contributed by atoms with Crippen molar-refractivity contribution in [1.29, 1.82) is 0 Å². The van der Waals surface area contributed by atoms with Crippen LogP contribution in [-0.2, 0) is 6.18 Å². The van der Waals surface area contributed by atoms with Gasteiger partial charge in [0, 0.05) is 32.4 Å². The van der Waals surface area contributed by atoms with E-state index in [0.717, 1.165) is 5.56 Å². The Kier molecular flexibility index (Phi) is 7.95. The summed E-state index contributed by atoms with van der Waals surface area (Å²) in [6.45, 7) is 1.74. The van der Waals surface area contributed by atoms with Gasteiger partial charge in [0.1, 0.15) is 0 Å². The molecule has 3 aromatic carbocycles. The number of benzene rings is 3. The van der Waals surface area contributed by atoms with Crippen LogP contribution >= 0.6 is 34.8 Å². The van der Waals surface area contributed by atoms with Crippen molar-refractivity contribution in [3.63, 3.8) is 0 Å². The molecule has 0 saturated heterocycles. The fraction of sp³-hybridized carbons (Fsp3) is 0.0741. The van der Waals surface area contributed by atoms with Gasteiger partial charge in [0.05, 0.1) is 16.4 Å². The summed E-state index contributed by atoms with van der Waals surface area (Å²) in [5.41, 5.74) is 2.86. The second-order valence-electron chi connectivity index (χ2n) is 8.74. The summed E-state index contributed by atoms with van der Waals surface area (Å²) in [6, 6.07) is 17.5. The molecule has 5 aromatic rings. The van der Waals surface area contributed by atoms with Crippen molar-refractivity contribution in [3.05, 3.63) is 105 Å². The first-order valence-electron chi connectivity index (χ1n) is 11.9. The third-order valence-electron chi connectivity index (χ3n) is 5.89. The molecule has 0 bridgehead atoms. The average molecular weight is 636 g/mol. The van der Waals surface area contributed by atoms with Crippen LogP contribution in [0.3, 0.4) is 0 Å². The van der Waals surface area contributed by atoms with Crippen LogP contribution in [0.15, 0.2) is 71.3 Å². The maximum atomic E-state index is 13.3. The van der Waals surface area contributed by atoms with E-state index in [1.807, 2.05) is 0 Å². The zero-order chi connectivity index (χ0) is 30.2. The Bertz CT molecular complexity index is 1800. The predicted octanol–water partition coefficient (Wildman–Crippen LogP) is 7.71. The quantitative estimate of drug-likeness (QED) is 0.198. The normalized spacial score (nSPS) is 11.4. The van der Waals surface area contributed by atoms with Crippen molar-refractivity contribution >= 4 is 58.3 Å². The molecule has 2 aromatic heterocycles. The standard InChI is InChI=1S/C27H16Cl3F3N6O3/c1-13-21(37-39(20-11-8-17(29)12-19(20)30)22(13)14-2-6-16(28)7-3-14)24(41)34-18-9-4-15(5-10-18)23(40)35-26-36-25(42-38-26)27(31,32)33/h2-12H,1H3,(H,34,41)(H,35,38,40). The predicted molar refractivity (Wildman–Crippen MR) is 150 cm³/mol. The molecule has 0 radical (unpaired) electrons. The molecule has 0 fully saturated rings. The van der Waals surface area contributed by atoms with Gasteiger partial charge in [0.25, 0.3) is 17.8 Å². The molecule has 0 saturated carbocycles. The Labute approximate surface area is 250 Å². The SMILES string of the molecule is Cc1c(C(=O)Nc2ccc(C(=O)Nc3noc(C(F)(F)F)n3)cc2)nn(-c2ccc(Cl)cc2Cl)c1-c1ccc(Cl)cc1. The number of nitrogens with one attached hydrogen (secondary N) is 2. The van der Waals surface area contributed by atoms with Crippen molar-refractivity contribution in [3.8, 4) is 16.9 Å². The second kappa shape index (κ2) is 11.5. The molecule has 0 aliphatic heterocycles. The average Bonchev–Trinajstić information content (AvgIpc) is 3.54. The van der Waals surface area contributed by atoms with E-state index in [4.69, 9.17) is 34.8 Å². The first kappa shape index (κ1) is 29.1. The number of carbonyl (C=O) groups excluding carboxylic acids is 2. The number of halogens is 6. The van der Waals surface area contributed by atoms with E-state index in [9.17, 15) is 22.8 Å². The molecule has 2 heterocycles. The third-order valence-corrected chi connectivity index (χ3v) is 6.68. The van der Waals surface area contributed by atoms with Crippen LogP contribution in [0.5, 0.6) is 0 Å². The highest BCUT2D eigenvalue weighted by Gasteiger charge is 2.38. The van der Waals surface area contributed by atoms with E-state index in [0.29, 0.717) is 37.7 Å². The van der Waals surface area contributed by atoms with E-state index >= 15 is 0 Å². The largest absolute Gasteiger partial charge is 0.471 e. The fourth-order valence-corrected chi connectivity index (χ4v) is 4.56. The third kappa shape index (κ3) is 6.10. The van der Waals surface area contributed by atoms with Gasteiger partial charge in [-0.1, -0.05) is 46.9 Å². The van der Waals surface area contributed by atoms with Crippen LogP contribution in [0.2, 0.25) is 15.1 Å². The van der Waals surface area contributed by atoms with Crippen molar-refractivity contribution in [1.82, 2.24) is 19.9 Å². The summed E-state index contributed by atoms with van der Waals surface area (Å²) in [4.78, 5) is 28.8. The molecule has 0 aliphatic carbocycles. The number of amides is 2. The minimum absolute atomic E-state index is 0.0641. The number of aromatic nitrogens is 4. The number of carbonyl (C=O) groups is 2. The monoisotopic (exact) mass is 634 g/mol. The number of hydrogen-bond donors (Lipinski definition) is 2. The second-order valence-corrected chi connectivity index (χ2v) is 10.0. The maximum Gasteiger partial charge on any atom is 0.471 e. The van der Waals surface area contributed by atoms with E-state index in [2.05, 4.69) is 30.4 Å². The first-order chi connectivity index (χ1) is 19.9. The highest BCUT2D eigenvalue weighted by atomic mass is 35.5. The zero-order valence-corrected chi connectivity index (χ0v) is 23.4.